The maximum Gasteiger partial charge on any atom is 0.230 e. The van der Waals surface area contributed by atoms with Gasteiger partial charge in [0.15, 0.2) is 5.82 Å². The number of carbonyl (C=O) groups is 2. The second-order valence-electron chi connectivity index (χ2n) is 9.51. The number of likely N-dealkylation sites (tertiary alicyclic amines) is 1. The summed E-state index contributed by atoms with van der Waals surface area (Å²) in [5, 5.41) is 8.10. The van der Waals surface area contributed by atoms with Crippen molar-refractivity contribution in [2.24, 2.45) is 5.41 Å². The van der Waals surface area contributed by atoms with E-state index < -0.39 is 5.41 Å². The molecule has 1 aliphatic carbocycles. The number of aromatic nitrogens is 3. The van der Waals surface area contributed by atoms with Crippen LogP contribution in [-0.2, 0) is 22.4 Å². The molecule has 2 aromatic heterocycles. The molecule has 0 N–H and O–H groups in total. The lowest BCUT2D eigenvalue weighted by Crippen LogP contribution is -2.44. The van der Waals surface area contributed by atoms with Crippen LogP contribution in [0.4, 0.5) is 0 Å². The highest BCUT2D eigenvalue weighted by molar-refractivity contribution is 5.85. The van der Waals surface area contributed by atoms with Gasteiger partial charge in [-0.2, -0.15) is 4.98 Å². The monoisotopic (exact) mass is 443 g/mol. The van der Waals surface area contributed by atoms with E-state index in [1.807, 2.05) is 6.07 Å². The summed E-state index contributed by atoms with van der Waals surface area (Å²) in [6.45, 7) is 2.68. The molecule has 1 saturated carbocycles. The van der Waals surface area contributed by atoms with Crippen molar-refractivity contribution in [2.75, 3.05) is 27.2 Å². The van der Waals surface area contributed by atoms with E-state index in [2.05, 4.69) is 15.3 Å². The van der Waals surface area contributed by atoms with Gasteiger partial charge in [0.2, 0.25) is 17.7 Å². The van der Waals surface area contributed by atoms with Gasteiger partial charge >= 0.3 is 0 Å². The van der Waals surface area contributed by atoms with Crippen molar-refractivity contribution in [1.29, 1.82) is 0 Å². The molecule has 174 valence electrons. The number of hydrogen-bond acceptors (Lipinski definition) is 7. The summed E-state index contributed by atoms with van der Waals surface area (Å²) >= 11 is 0. The predicted molar refractivity (Wildman–Crippen MR) is 116 cm³/mol. The molecule has 9 nitrogen and oxygen atoms in total. The number of hydrogen-bond donors (Lipinski definition) is 0. The van der Waals surface area contributed by atoms with Gasteiger partial charge in [-0.25, -0.2) is 0 Å². The summed E-state index contributed by atoms with van der Waals surface area (Å²) in [6, 6.07) is 2.03. The van der Waals surface area contributed by atoms with Crippen LogP contribution in [0.3, 0.4) is 0 Å². The topological polar surface area (TPSA) is 106 Å². The Bertz CT molecular complexity index is 946. The van der Waals surface area contributed by atoms with E-state index >= 15 is 0 Å². The van der Waals surface area contributed by atoms with Crippen molar-refractivity contribution >= 4 is 11.8 Å². The summed E-state index contributed by atoms with van der Waals surface area (Å²) in [5.41, 5.74) is 0.316. The van der Waals surface area contributed by atoms with Crippen molar-refractivity contribution in [3.8, 4) is 0 Å². The van der Waals surface area contributed by atoms with E-state index in [-0.39, 0.29) is 18.2 Å². The molecule has 2 amide bonds. The van der Waals surface area contributed by atoms with E-state index in [4.69, 9.17) is 9.05 Å². The van der Waals surface area contributed by atoms with Crippen LogP contribution in [0.2, 0.25) is 0 Å². The average molecular weight is 444 g/mol. The predicted octanol–water partition coefficient (Wildman–Crippen LogP) is 2.90. The van der Waals surface area contributed by atoms with E-state index in [0.29, 0.717) is 50.0 Å². The van der Waals surface area contributed by atoms with Gasteiger partial charge in [0, 0.05) is 58.4 Å². The van der Waals surface area contributed by atoms with Crippen molar-refractivity contribution in [1.82, 2.24) is 25.1 Å². The molecule has 3 heterocycles. The van der Waals surface area contributed by atoms with Crippen LogP contribution in [0.15, 0.2) is 15.1 Å². The fourth-order valence-corrected chi connectivity index (χ4v) is 5.10. The lowest BCUT2D eigenvalue weighted by Gasteiger charge is -2.30. The third-order valence-electron chi connectivity index (χ3n) is 6.80. The first-order valence-electron chi connectivity index (χ1n) is 11.6. The summed E-state index contributed by atoms with van der Waals surface area (Å²) in [6.07, 6.45) is 7.79. The first kappa shape index (κ1) is 22.5. The summed E-state index contributed by atoms with van der Waals surface area (Å²) in [7, 11) is 3.53. The zero-order valence-corrected chi connectivity index (χ0v) is 19.3. The smallest absolute Gasteiger partial charge is 0.230 e. The fraction of sp³-hybridized carbons (Fsp3) is 0.696. The Balaban J connectivity index is 1.43. The lowest BCUT2D eigenvalue weighted by atomic mass is 9.80. The van der Waals surface area contributed by atoms with Crippen molar-refractivity contribution in [3.05, 3.63) is 29.2 Å². The fourth-order valence-electron chi connectivity index (χ4n) is 5.10. The molecule has 0 radical (unpaired) electrons. The Hall–Kier alpha value is -2.71. The molecular weight excluding hydrogens is 410 g/mol. The number of rotatable bonds is 7. The lowest BCUT2D eigenvalue weighted by molar-refractivity contribution is -0.140. The summed E-state index contributed by atoms with van der Waals surface area (Å²) in [4.78, 5) is 33.6. The highest BCUT2D eigenvalue weighted by Gasteiger charge is 2.47. The molecule has 9 heteroatoms. The standard InChI is InChI=1S/C23H33N5O4/c1-16-24-20(32-25-16)9-10-21(29)28-12-11-23(15-28,22(30)27(2)3)14-18-13-19(26-31-18)17-7-5-4-6-8-17/h13,17H,4-12,14-15H2,1-3H3. The number of aryl methyl sites for hydroxylation is 2. The highest BCUT2D eigenvalue weighted by Crippen LogP contribution is 2.38. The average Bonchev–Trinajstić information content (AvgIpc) is 3.53. The zero-order valence-electron chi connectivity index (χ0n) is 19.3. The molecular formula is C23H33N5O4. The van der Waals surface area contributed by atoms with E-state index in [1.165, 1.54) is 19.3 Å². The molecule has 1 atom stereocenters. The Morgan fingerprint density at radius 1 is 1.19 bits per heavy atom. The van der Waals surface area contributed by atoms with Gasteiger partial charge in [-0.1, -0.05) is 29.6 Å². The highest BCUT2D eigenvalue weighted by atomic mass is 16.5. The van der Waals surface area contributed by atoms with Gasteiger partial charge in [0.05, 0.1) is 11.1 Å². The number of nitrogens with zero attached hydrogens (tertiary/aromatic N) is 5. The minimum absolute atomic E-state index is 0.00486. The zero-order chi connectivity index (χ0) is 22.7. The Morgan fingerprint density at radius 2 is 1.97 bits per heavy atom. The maximum absolute atomic E-state index is 13.2. The third-order valence-corrected chi connectivity index (χ3v) is 6.80. The summed E-state index contributed by atoms with van der Waals surface area (Å²) in [5.74, 6) is 2.23. The van der Waals surface area contributed by atoms with Gasteiger partial charge < -0.3 is 18.8 Å². The molecule has 2 fully saturated rings. The van der Waals surface area contributed by atoms with Crippen LogP contribution in [0.5, 0.6) is 0 Å². The number of carbonyl (C=O) groups excluding carboxylic acids is 2. The largest absolute Gasteiger partial charge is 0.361 e. The maximum atomic E-state index is 13.2. The molecule has 0 aromatic carbocycles. The first-order chi connectivity index (χ1) is 15.4. The first-order valence-corrected chi connectivity index (χ1v) is 11.6. The Morgan fingerprint density at radius 3 is 2.66 bits per heavy atom. The van der Waals surface area contributed by atoms with Gasteiger partial charge in [-0.3, -0.25) is 9.59 Å². The Kier molecular flexibility index (Phi) is 6.62. The van der Waals surface area contributed by atoms with E-state index in [1.54, 1.807) is 30.8 Å². The number of amides is 2. The molecule has 0 bridgehead atoms. The van der Waals surface area contributed by atoms with Crippen LogP contribution >= 0.6 is 0 Å². The molecule has 0 spiro atoms. The molecule has 2 aliphatic rings. The van der Waals surface area contributed by atoms with Crippen LogP contribution < -0.4 is 0 Å². The van der Waals surface area contributed by atoms with E-state index in [9.17, 15) is 9.59 Å². The SMILES string of the molecule is Cc1noc(CCC(=O)N2CCC(Cc3cc(C4CCCCC4)no3)(C(=O)N(C)C)C2)n1. The quantitative estimate of drug-likeness (QED) is 0.648. The molecule has 1 saturated heterocycles. The molecule has 4 rings (SSSR count). The third kappa shape index (κ3) is 4.86. The van der Waals surface area contributed by atoms with Crippen LogP contribution in [-0.4, -0.2) is 64.1 Å². The van der Waals surface area contributed by atoms with Gasteiger partial charge in [-0.05, 0) is 26.2 Å². The second kappa shape index (κ2) is 9.42. The second-order valence-corrected chi connectivity index (χ2v) is 9.51. The normalized spacial score (nSPS) is 21.8. The summed E-state index contributed by atoms with van der Waals surface area (Å²) < 4.78 is 10.8. The van der Waals surface area contributed by atoms with Crippen molar-refractivity contribution < 1.29 is 18.6 Å². The minimum atomic E-state index is -0.691. The van der Waals surface area contributed by atoms with Crippen LogP contribution in [0, 0.1) is 12.3 Å². The molecule has 32 heavy (non-hydrogen) atoms. The van der Waals surface area contributed by atoms with Crippen molar-refractivity contribution in [2.45, 2.75) is 70.6 Å². The van der Waals surface area contributed by atoms with Gasteiger partial charge in [0.1, 0.15) is 5.76 Å². The van der Waals surface area contributed by atoms with E-state index in [0.717, 1.165) is 24.3 Å². The Labute approximate surface area is 188 Å². The van der Waals surface area contributed by atoms with Crippen LogP contribution in [0.25, 0.3) is 0 Å². The minimum Gasteiger partial charge on any atom is -0.361 e. The molecule has 1 aliphatic heterocycles. The van der Waals surface area contributed by atoms with Gasteiger partial charge in [0.25, 0.3) is 0 Å². The van der Waals surface area contributed by atoms with Gasteiger partial charge in [-0.15, -0.1) is 0 Å². The van der Waals surface area contributed by atoms with Crippen molar-refractivity contribution in [3.63, 3.8) is 0 Å². The molecule has 1 unspecified atom stereocenters. The molecule has 2 aromatic rings. The van der Waals surface area contributed by atoms with Crippen LogP contribution in [0.1, 0.15) is 74.0 Å².